The number of ether oxygens (including phenoxy) is 1. The van der Waals surface area contributed by atoms with E-state index in [9.17, 15) is 17.2 Å². The molecule has 0 saturated carbocycles. The number of sulfonamides is 1. The SMILES string of the molecule is NS(=O)(=O)c1ccc(OCc2ccc(F)cc2F)cc1. The van der Waals surface area contributed by atoms with Crippen LogP contribution in [0.4, 0.5) is 8.78 Å². The number of hydrogen-bond acceptors (Lipinski definition) is 3. The zero-order valence-corrected chi connectivity index (χ0v) is 11.0. The van der Waals surface area contributed by atoms with Crippen LogP contribution in [0.25, 0.3) is 0 Å². The Labute approximate surface area is 114 Å². The molecule has 0 unspecified atom stereocenters. The molecule has 7 heteroatoms. The van der Waals surface area contributed by atoms with Gasteiger partial charge < -0.3 is 4.74 Å². The highest BCUT2D eigenvalue weighted by Gasteiger charge is 2.08. The molecule has 0 saturated heterocycles. The lowest BCUT2D eigenvalue weighted by molar-refractivity contribution is 0.299. The van der Waals surface area contributed by atoms with Gasteiger partial charge in [0, 0.05) is 11.6 Å². The molecule has 0 atom stereocenters. The summed E-state index contributed by atoms with van der Waals surface area (Å²) in [5, 5.41) is 4.95. The zero-order chi connectivity index (χ0) is 14.8. The average Bonchev–Trinajstić information content (AvgIpc) is 2.37. The maximum absolute atomic E-state index is 13.4. The number of hydrogen-bond donors (Lipinski definition) is 1. The fraction of sp³-hybridized carbons (Fsp3) is 0.0769. The Bertz CT molecular complexity index is 715. The molecule has 0 amide bonds. The first kappa shape index (κ1) is 14.4. The molecule has 0 fully saturated rings. The molecule has 0 aromatic heterocycles. The first-order valence-corrected chi connectivity index (χ1v) is 7.10. The van der Waals surface area contributed by atoms with E-state index in [2.05, 4.69) is 0 Å². The molecule has 0 spiro atoms. The third-order valence-electron chi connectivity index (χ3n) is 2.56. The number of nitrogens with two attached hydrogens (primary N) is 1. The van der Waals surface area contributed by atoms with Crippen molar-refractivity contribution in [2.45, 2.75) is 11.5 Å². The highest BCUT2D eigenvalue weighted by atomic mass is 32.2. The molecular formula is C13H11F2NO3S. The van der Waals surface area contributed by atoms with Crippen molar-refractivity contribution in [1.82, 2.24) is 0 Å². The van der Waals surface area contributed by atoms with Gasteiger partial charge in [0.05, 0.1) is 4.90 Å². The highest BCUT2D eigenvalue weighted by molar-refractivity contribution is 7.89. The zero-order valence-electron chi connectivity index (χ0n) is 10.2. The number of primary sulfonamides is 1. The van der Waals surface area contributed by atoms with Crippen LogP contribution in [0.3, 0.4) is 0 Å². The Kier molecular flexibility index (Phi) is 4.01. The molecule has 0 radical (unpaired) electrons. The second-order valence-corrected chi connectivity index (χ2v) is 5.60. The first-order valence-electron chi connectivity index (χ1n) is 5.56. The second-order valence-electron chi connectivity index (χ2n) is 4.04. The van der Waals surface area contributed by atoms with Crippen LogP contribution in [0.5, 0.6) is 5.75 Å². The van der Waals surface area contributed by atoms with E-state index in [0.29, 0.717) is 5.75 Å². The molecule has 20 heavy (non-hydrogen) atoms. The number of halogens is 2. The Morgan fingerprint density at radius 1 is 1.05 bits per heavy atom. The maximum atomic E-state index is 13.4. The van der Waals surface area contributed by atoms with Crippen LogP contribution >= 0.6 is 0 Å². The van der Waals surface area contributed by atoms with Gasteiger partial charge in [0.1, 0.15) is 24.0 Å². The molecule has 2 N–H and O–H groups in total. The van der Waals surface area contributed by atoms with Gasteiger partial charge in [-0.25, -0.2) is 22.3 Å². The van der Waals surface area contributed by atoms with Crippen LogP contribution in [-0.2, 0) is 16.6 Å². The van der Waals surface area contributed by atoms with Gasteiger partial charge in [-0.2, -0.15) is 0 Å². The normalized spacial score (nSPS) is 11.3. The Balaban J connectivity index is 2.08. The van der Waals surface area contributed by atoms with E-state index in [1.165, 1.54) is 30.3 Å². The largest absolute Gasteiger partial charge is 0.489 e. The lowest BCUT2D eigenvalue weighted by Crippen LogP contribution is -2.11. The lowest BCUT2D eigenvalue weighted by Gasteiger charge is -2.07. The molecule has 2 aromatic carbocycles. The van der Waals surface area contributed by atoms with Crippen LogP contribution in [-0.4, -0.2) is 8.42 Å². The van der Waals surface area contributed by atoms with Gasteiger partial charge in [-0.05, 0) is 36.4 Å². The van der Waals surface area contributed by atoms with Crippen molar-refractivity contribution in [3.8, 4) is 5.75 Å². The van der Waals surface area contributed by atoms with Crippen molar-refractivity contribution in [2.24, 2.45) is 5.14 Å². The van der Waals surface area contributed by atoms with Crippen LogP contribution in [0.2, 0.25) is 0 Å². The minimum atomic E-state index is -3.76. The van der Waals surface area contributed by atoms with E-state index >= 15 is 0 Å². The monoisotopic (exact) mass is 299 g/mol. The lowest BCUT2D eigenvalue weighted by atomic mass is 10.2. The van der Waals surface area contributed by atoms with E-state index in [4.69, 9.17) is 9.88 Å². The summed E-state index contributed by atoms with van der Waals surface area (Å²) in [6, 6.07) is 8.55. The van der Waals surface area contributed by atoms with Crippen molar-refractivity contribution in [1.29, 1.82) is 0 Å². The number of rotatable bonds is 4. The van der Waals surface area contributed by atoms with Gasteiger partial charge in [0.25, 0.3) is 0 Å². The van der Waals surface area contributed by atoms with E-state index in [-0.39, 0.29) is 17.1 Å². The maximum Gasteiger partial charge on any atom is 0.238 e. The Hall–Kier alpha value is -1.99. The van der Waals surface area contributed by atoms with E-state index in [0.717, 1.165) is 12.1 Å². The van der Waals surface area contributed by atoms with Gasteiger partial charge >= 0.3 is 0 Å². The summed E-state index contributed by atoms with van der Waals surface area (Å²) < 4.78 is 53.5. The van der Waals surface area contributed by atoms with E-state index in [1.807, 2.05) is 0 Å². The van der Waals surface area contributed by atoms with Crippen molar-refractivity contribution >= 4 is 10.0 Å². The molecule has 0 aliphatic rings. The summed E-state index contributed by atoms with van der Waals surface area (Å²) in [5.41, 5.74) is 0.196. The molecule has 106 valence electrons. The minimum absolute atomic E-state index is 0.0437. The summed E-state index contributed by atoms with van der Waals surface area (Å²) in [5.74, 6) is -1.02. The van der Waals surface area contributed by atoms with Gasteiger partial charge in [-0.3, -0.25) is 0 Å². The fourth-order valence-electron chi connectivity index (χ4n) is 1.53. The summed E-state index contributed by atoms with van der Waals surface area (Å²) in [7, 11) is -3.76. The first-order chi connectivity index (χ1) is 9.36. The van der Waals surface area contributed by atoms with Crippen LogP contribution in [0, 0.1) is 11.6 Å². The van der Waals surface area contributed by atoms with Crippen LogP contribution in [0.15, 0.2) is 47.4 Å². The molecule has 0 bridgehead atoms. The third-order valence-corrected chi connectivity index (χ3v) is 3.49. The standard InChI is InChI=1S/C13H11F2NO3S/c14-10-2-1-9(13(15)7-10)8-19-11-3-5-12(6-4-11)20(16,17)18/h1-7H,8H2,(H2,16,17,18). The van der Waals surface area contributed by atoms with Crippen molar-refractivity contribution in [3.05, 3.63) is 59.7 Å². The van der Waals surface area contributed by atoms with Crippen molar-refractivity contribution in [2.75, 3.05) is 0 Å². The third kappa shape index (κ3) is 3.52. The highest BCUT2D eigenvalue weighted by Crippen LogP contribution is 2.17. The summed E-state index contributed by atoms with van der Waals surface area (Å²) in [6.07, 6.45) is 0. The van der Waals surface area contributed by atoms with Gasteiger partial charge in [0.15, 0.2) is 0 Å². The summed E-state index contributed by atoms with van der Waals surface area (Å²) in [4.78, 5) is -0.0437. The fourth-order valence-corrected chi connectivity index (χ4v) is 2.04. The average molecular weight is 299 g/mol. The quantitative estimate of drug-likeness (QED) is 0.941. The molecule has 4 nitrogen and oxygen atoms in total. The van der Waals surface area contributed by atoms with Crippen LogP contribution < -0.4 is 9.88 Å². The molecule has 0 aliphatic carbocycles. The molecule has 2 rings (SSSR count). The molecule has 2 aromatic rings. The van der Waals surface area contributed by atoms with Crippen molar-refractivity contribution < 1.29 is 21.9 Å². The van der Waals surface area contributed by atoms with E-state index in [1.54, 1.807) is 0 Å². The molecule has 0 aliphatic heterocycles. The Morgan fingerprint density at radius 3 is 2.25 bits per heavy atom. The molecular weight excluding hydrogens is 288 g/mol. The predicted molar refractivity (Wildman–Crippen MR) is 68.5 cm³/mol. The minimum Gasteiger partial charge on any atom is -0.489 e. The summed E-state index contributed by atoms with van der Waals surface area (Å²) in [6.45, 7) is -0.0964. The second kappa shape index (κ2) is 5.56. The van der Waals surface area contributed by atoms with E-state index < -0.39 is 21.7 Å². The van der Waals surface area contributed by atoms with Gasteiger partial charge in [0.2, 0.25) is 10.0 Å². The topological polar surface area (TPSA) is 69.4 Å². The summed E-state index contributed by atoms with van der Waals surface area (Å²) >= 11 is 0. The smallest absolute Gasteiger partial charge is 0.238 e. The Morgan fingerprint density at radius 2 is 1.70 bits per heavy atom. The van der Waals surface area contributed by atoms with Crippen LogP contribution in [0.1, 0.15) is 5.56 Å². The van der Waals surface area contributed by atoms with Gasteiger partial charge in [-0.1, -0.05) is 0 Å². The molecule has 0 heterocycles. The number of benzene rings is 2. The predicted octanol–water partition coefficient (Wildman–Crippen LogP) is 2.19. The van der Waals surface area contributed by atoms with Gasteiger partial charge in [-0.15, -0.1) is 0 Å². The van der Waals surface area contributed by atoms with Crippen molar-refractivity contribution in [3.63, 3.8) is 0 Å².